The van der Waals surface area contributed by atoms with Crippen molar-refractivity contribution in [2.45, 2.75) is 13.8 Å². The Hall–Kier alpha value is -2.47. The minimum atomic E-state index is -0.215. The molecule has 0 fully saturated rings. The van der Waals surface area contributed by atoms with Gasteiger partial charge < -0.3 is 5.32 Å². The van der Waals surface area contributed by atoms with Crippen molar-refractivity contribution in [2.75, 3.05) is 5.32 Å². The Morgan fingerprint density at radius 3 is 2.61 bits per heavy atom. The third-order valence-corrected chi connectivity index (χ3v) is 4.10. The van der Waals surface area contributed by atoms with Crippen molar-refractivity contribution in [3.8, 4) is 5.69 Å². The van der Waals surface area contributed by atoms with E-state index in [-0.39, 0.29) is 5.91 Å². The molecular weight excluding hydrogens is 356 g/mol. The number of carbonyl (C=O) groups excluding carboxylic acids is 1. The predicted octanol–water partition coefficient (Wildman–Crippen LogP) is 3.90. The lowest BCUT2D eigenvalue weighted by molar-refractivity contribution is 0.102. The molecule has 0 radical (unpaired) electrons. The van der Waals surface area contributed by atoms with Crippen molar-refractivity contribution in [1.29, 1.82) is 0 Å². The summed E-state index contributed by atoms with van der Waals surface area (Å²) in [5.74, 6) is 0.348. The molecule has 0 aliphatic carbocycles. The smallest absolute Gasteiger partial charge is 0.260 e. The van der Waals surface area contributed by atoms with E-state index in [9.17, 15) is 4.79 Å². The Morgan fingerprint density at radius 1 is 1.17 bits per heavy atom. The fourth-order valence-corrected chi connectivity index (χ4v) is 2.53. The normalized spacial score (nSPS) is 10.6. The first kappa shape index (κ1) is 15.4. The number of nitrogens with one attached hydrogen (secondary N) is 1. The van der Waals surface area contributed by atoms with Crippen LogP contribution in [0, 0.1) is 13.8 Å². The van der Waals surface area contributed by atoms with Crippen molar-refractivity contribution in [2.24, 2.45) is 0 Å². The van der Waals surface area contributed by atoms with Crippen LogP contribution in [0.5, 0.6) is 0 Å². The number of hydrogen-bond acceptors (Lipinski definition) is 3. The average Bonchev–Trinajstić information content (AvgIpc) is 2.92. The van der Waals surface area contributed by atoms with Crippen molar-refractivity contribution in [1.82, 2.24) is 14.8 Å². The average molecular weight is 371 g/mol. The molecule has 116 valence electrons. The van der Waals surface area contributed by atoms with Crippen LogP contribution in [0.4, 0.5) is 5.82 Å². The molecule has 0 unspecified atom stereocenters. The topological polar surface area (TPSA) is 59.8 Å². The molecule has 3 aromatic rings. The third kappa shape index (κ3) is 3.17. The molecule has 5 nitrogen and oxygen atoms in total. The second kappa shape index (κ2) is 6.34. The zero-order chi connectivity index (χ0) is 16.4. The third-order valence-electron chi connectivity index (χ3n) is 3.57. The van der Waals surface area contributed by atoms with Gasteiger partial charge in [0.2, 0.25) is 0 Å². The Morgan fingerprint density at radius 2 is 1.91 bits per heavy atom. The van der Waals surface area contributed by atoms with Gasteiger partial charge in [0.25, 0.3) is 5.91 Å². The van der Waals surface area contributed by atoms with E-state index in [1.54, 1.807) is 17.1 Å². The number of rotatable bonds is 3. The molecule has 1 amide bonds. The summed E-state index contributed by atoms with van der Waals surface area (Å²) in [6, 6.07) is 11.5. The van der Waals surface area contributed by atoms with Gasteiger partial charge in [-0.15, -0.1) is 0 Å². The first-order valence-corrected chi connectivity index (χ1v) is 7.89. The van der Waals surface area contributed by atoms with Gasteiger partial charge >= 0.3 is 0 Å². The van der Waals surface area contributed by atoms with Gasteiger partial charge in [-0.25, -0.2) is 9.67 Å². The number of nitrogens with zero attached hydrogens (tertiary/aromatic N) is 3. The number of pyridine rings is 1. The van der Waals surface area contributed by atoms with Crippen molar-refractivity contribution in [3.05, 3.63) is 70.1 Å². The minimum absolute atomic E-state index is 0.215. The number of aryl methyl sites for hydroxylation is 1. The molecule has 0 aliphatic rings. The molecule has 0 atom stereocenters. The fourth-order valence-electron chi connectivity index (χ4n) is 2.27. The van der Waals surface area contributed by atoms with E-state index < -0.39 is 0 Å². The van der Waals surface area contributed by atoms with Gasteiger partial charge in [-0.3, -0.25) is 4.79 Å². The predicted molar refractivity (Wildman–Crippen MR) is 92.9 cm³/mol. The molecule has 1 N–H and O–H groups in total. The zero-order valence-corrected chi connectivity index (χ0v) is 14.3. The highest BCUT2D eigenvalue weighted by atomic mass is 79.9. The molecule has 0 saturated carbocycles. The SMILES string of the molecule is Cc1cccnc1NC(=O)c1cnn(-c2ccc(Br)cc2)c1C. The van der Waals surface area contributed by atoms with E-state index in [0.29, 0.717) is 11.4 Å². The quantitative estimate of drug-likeness (QED) is 0.760. The number of hydrogen-bond donors (Lipinski definition) is 1. The molecule has 2 aromatic heterocycles. The monoisotopic (exact) mass is 370 g/mol. The van der Waals surface area contributed by atoms with Crippen molar-refractivity contribution in [3.63, 3.8) is 0 Å². The van der Waals surface area contributed by atoms with Crippen LogP contribution in [0.1, 0.15) is 21.6 Å². The van der Waals surface area contributed by atoms with Crippen LogP contribution in [-0.2, 0) is 0 Å². The summed E-state index contributed by atoms with van der Waals surface area (Å²) in [5, 5.41) is 7.15. The first-order chi connectivity index (χ1) is 11.1. The number of aromatic nitrogens is 3. The molecular formula is C17H15BrN4O. The Labute approximate surface area is 142 Å². The number of halogens is 1. The van der Waals surface area contributed by atoms with Gasteiger partial charge in [0.15, 0.2) is 0 Å². The first-order valence-electron chi connectivity index (χ1n) is 7.10. The fraction of sp³-hybridized carbons (Fsp3) is 0.118. The van der Waals surface area contributed by atoms with Gasteiger partial charge in [-0.1, -0.05) is 22.0 Å². The lowest BCUT2D eigenvalue weighted by atomic mass is 10.2. The van der Waals surface area contributed by atoms with Gasteiger partial charge in [0.05, 0.1) is 23.1 Å². The number of amides is 1. The van der Waals surface area contributed by atoms with Crippen LogP contribution in [-0.4, -0.2) is 20.7 Å². The molecule has 3 rings (SSSR count). The van der Waals surface area contributed by atoms with Crippen LogP contribution in [0.15, 0.2) is 53.3 Å². The van der Waals surface area contributed by atoms with Gasteiger partial charge in [0.1, 0.15) is 5.82 Å². The summed E-state index contributed by atoms with van der Waals surface area (Å²) in [7, 11) is 0. The number of benzene rings is 1. The summed E-state index contributed by atoms with van der Waals surface area (Å²) in [6.45, 7) is 3.77. The van der Waals surface area contributed by atoms with E-state index in [4.69, 9.17) is 0 Å². The van der Waals surface area contributed by atoms with E-state index in [0.717, 1.165) is 21.4 Å². The standard InChI is InChI=1S/C17H15BrN4O/c1-11-4-3-9-19-16(11)21-17(23)15-10-20-22(12(15)2)14-7-5-13(18)6-8-14/h3-10H,1-2H3,(H,19,21,23). The lowest BCUT2D eigenvalue weighted by Gasteiger charge is -2.07. The summed E-state index contributed by atoms with van der Waals surface area (Å²) in [5.41, 5.74) is 3.12. The van der Waals surface area contributed by atoms with Gasteiger partial charge in [-0.2, -0.15) is 5.10 Å². The van der Waals surface area contributed by atoms with Crippen LogP contribution >= 0.6 is 15.9 Å². The second-order valence-electron chi connectivity index (χ2n) is 5.15. The van der Waals surface area contributed by atoms with E-state index in [1.165, 1.54) is 0 Å². The van der Waals surface area contributed by atoms with E-state index in [2.05, 4.69) is 31.3 Å². The number of carbonyl (C=O) groups is 1. The maximum Gasteiger partial charge on any atom is 0.260 e. The maximum atomic E-state index is 12.5. The van der Waals surface area contributed by atoms with E-state index >= 15 is 0 Å². The molecule has 23 heavy (non-hydrogen) atoms. The largest absolute Gasteiger partial charge is 0.306 e. The van der Waals surface area contributed by atoms with Crippen molar-refractivity contribution < 1.29 is 4.79 Å². The zero-order valence-electron chi connectivity index (χ0n) is 12.7. The van der Waals surface area contributed by atoms with Gasteiger partial charge in [0, 0.05) is 10.7 Å². The highest BCUT2D eigenvalue weighted by Gasteiger charge is 2.16. The summed E-state index contributed by atoms with van der Waals surface area (Å²) < 4.78 is 2.74. The molecule has 0 saturated heterocycles. The van der Waals surface area contributed by atoms with Crippen LogP contribution in [0.2, 0.25) is 0 Å². The Balaban J connectivity index is 1.88. The molecule has 0 aliphatic heterocycles. The summed E-state index contributed by atoms with van der Waals surface area (Å²) in [6.07, 6.45) is 3.23. The maximum absolute atomic E-state index is 12.5. The minimum Gasteiger partial charge on any atom is -0.306 e. The molecule has 6 heteroatoms. The van der Waals surface area contributed by atoms with E-state index in [1.807, 2.05) is 50.2 Å². The van der Waals surface area contributed by atoms with Crippen molar-refractivity contribution >= 4 is 27.7 Å². The molecule has 0 spiro atoms. The highest BCUT2D eigenvalue weighted by molar-refractivity contribution is 9.10. The molecule has 0 bridgehead atoms. The molecule has 2 heterocycles. The summed E-state index contributed by atoms with van der Waals surface area (Å²) >= 11 is 3.41. The van der Waals surface area contributed by atoms with Gasteiger partial charge in [-0.05, 0) is 49.7 Å². The summed E-state index contributed by atoms with van der Waals surface area (Å²) in [4.78, 5) is 16.7. The van der Waals surface area contributed by atoms with Crippen LogP contribution in [0.25, 0.3) is 5.69 Å². The Bertz CT molecular complexity index is 855. The lowest BCUT2D eigenvalue weighted by Crippen LogP contribution is -2.14. The number of anilines is 1. The van der Waals surface area contributed by atoms with Crippen LogP contribution in [0.3, 0.4) is 0 Å². The second-order valence-corrected chi connectivity index (χ2v) is 6.07. The Kier molecular flexibility index (Phi) is 4.25. The van der Waals surface area contributed by atoms with Crippen LogP contribution < -0.4 is 5.32 Å². The molecule has 1 aromatic carbocycles. The highest BCUT2D eigenvalue weighted by Crippen LogP contribution is 2.18.